The van der Waals surface area contributed by atoms with E-state index in [9.17, 15) is 18.0 Å². The summed E-state index contributed by atoms with van der Waals surface area (Å²) in [5.41, 5.74) is 3.55. The molecule has 0 spiro atoms. The predicted molar refractivity (Wildman–Crippen MR) is 96.2 cm³/mol. The molecule has 0 aliphatic heterocycles. The van der Waals surface area contributed by atoms with Crippen molar-refractivity contribution in [2.45, 2.75) is 45.3 Å². The molecule has 1 aromatic carbocycles. The average Bonchev–Trinajstić information content (AvgIpc) is 3.24. The Hall–Kier alpha value is -3.17. The van der Waals surface area contributed by atoms with Crippen molar-refractivity contribution in [3.8, 4) is 17.1 Å². The molecular formula is C19H18F3N5O2. The van der Waals surface area contributed by atoms with Crippen LogP contribution in [0, 0.1) is 13.8 Å². The number of alkyl halides is 3. The molecule has 1 aliphatic rings. The molecule has 4 rings (SSSR count). The van der Waals surface area contributed by atoms with Gasteiger partial charge in [-0.3, -0.25) is 4.79 Å². The summed E-state index contributed by atoms with van der Waals surface area (Å²) in [7, 11) is 0. The van der Waals surface area contributed by atoms with E-state index >= 15 is 0 Å². The maximum atomic E-state index is 12.6. The number of carbonyl (C=O) groups is 1. The first kappa shape index (κ1) is 19.2. The first-order valence-electron chi connectivity index (χ1n) is 9.08. The fourth-order valence-corrected chi connectivity index (χ4v) is 3.06. The fraction of sp³-hybridized carbons (Fsp3) is 0.368. The number of amides is 1. The summed E-state index contributed by atoms with van der Waals surface area (Å²) in [6, 6.07) is 6.89. The molecule has 1 aliphatic carbocycles. The zero-order chi connectivity index (χ0) is 20.8. The van der Waals surface area contributed by atoms with E-state index in [-0.39, 0.29) is 18.2 Å². The first-order valence-corrected chi connectivity index (χ1v) is 9.08. The van der Waals surface area contributed by atoms with Gasteiger partial charge in [-0.05, 0) is 51.0 Å². The number of halogens is 3. The number of nitrogens with one attached hydrogen (secondary N) is 1. The lowest BCUT2D eigenvalue weighted by Gasteiger charge is -2.07. The van der Waals surface area contributed by atoms with Crippen molar-refractivity contribution in [2.24, 2.45) is 0 Å². The summed E-state index contributed by atoms with van der Waals surface area (Å²) in [6.45, 7) is 3.72. The van der Waals surface area contributed by atoms with Crippen LogP contribution < -0.4 is 5.32 Å². The number of benzene rings is 1. The Balaban J connectivity index is 1.55. The molecular weight excluding hydrogens is 387 g/mol. The number of aryl methyl sites for hydroxylation is 1. The van der Waals surface area contributed by atoms with E-state index in [1.54, 1.807) is 28.9 Å². The molecule has 1 fully saturated rings. The number of nitrogens with zero attached hydrogens (tertiary/aromatic N) is 4. The van der Waals surface area contributed by atoms with Crippen molar-refractivity contribution in [1.82, 2.24) is 25.2 Å². The topological polar surface area (TPSA) is 85.8 Å². The van der Waals surface area contributed by atoms with E-state index in [4.69, 9.17) is 0 Å². The lowest BCUT2D eigenvalue weighted by Crippen LogP contribution is -2.27. The summed E-state index contributed by atoms with van der Waals surface area (Å²) in [5.74, 6) is -1.55. The van der Waals surface area contributed by atoms with Crippen LogP contribution in [-0.4, -0.2) is 31.9 Å². The minimum atomic E-state index is -4.68. The van der Waals surface area contributed by atoms with E-state index in [1.807, 2.05) is 13.8 Å². The van der Waals surface area contributed by atoms with E-state index in [2.05, 4.69) is 25.1 Å². The Morgan fingerprint density at radius 1 is 1.24 bits per heavy atom. The molecule has 0 atom stereocenters. The van der Waals surface area contributed by atoms with Gasteiger partial charge >= 0.3 is 12.1 Å². The molecule has 0 bridgehead atoms. The normalized spacial score (nSPS) is 14.2. The Morgan fingerprint density at radius 3 is 2.52 bits per heavy atom. The van der Waals surface area contributed by atoms with Crippen molar-refractivity contribution >= 4 is 5.91 Å². The monoisotopic (exact) mass is 405 g/mol. The van der Waals surface area contributed by atoms with Crippen LogP contribution in [0.2, 0.25) is 0 Å². The quantitative estimate of drug-likeness (QED) is 0.703. The van der Waals surface area contributed by atoms with Crippen LogP contribution in [0.5, 0.6) is 0 Å². The van der Waals surface area contributed by atoms with Gasteiger partial charge in [0.25, 0.3) is 0 Å². The number of hydrogen-bond donors (Lipinski definition) is 1. The molecule has 0 saturated heterocycles. The largest absolute Gasteiger partial charge is 0.471 e. The van der Waals surface area contributed by atoms with Gasteiger partial charge in [-0.1, -0.05) is 5.16 Å². The zero-order valence-electron chi connectivity index (χ0n) is 15.7. The molecule has 2 aromatic heterocycles. The second kappa shape index (κ2) is 7.02. The standard InChI is InChI=1S/C19H18F3N5O2/c1-10-15(9-16(28)23-13-5-6-13)11(2)27(25-10)14-7-3-12(4-8-14)17-24-18(29-26-17)19(20,21)22/h3-4,7-8,13H,5-6,9H2,1-2H3,(H,23,28). The summed E-state index contributed by atoms with van der Waals surface area (Å²) in [6.07, 6.45) is -2.37. The lowest BCUT2D eigenvalue weighted by atomic mass is 10.1. The Bertz CT molecular complexity index is 1050. The van der Waals surface area contributed by atoms with Crippen molar-refractivity contribution < 1.29 is 22.5 Å². The van der Waals surface area contributed by atoms with Gasteiger partial charge in [-0.25, -0.2) is 4.68 Å². The SMILES string of the molecule is Cc1nn(-c2ccc(-c3noc(C(F)(F)F)n3)cc2)c(C)c1CC(=O)NC1CC1. The molecule has 1 saturated carbocycles. The van der Waals surface area contributed by atoms with E-state index in [0.29, 0.717) is 17.3 Å². The fourth-order valence-electron chi connectivity index (χ4n) is 3.06. The van der Waals surface area contributed by atoms with Crippen LogP contribution in [0.4, 0.5) is 13.2 Å². The highest BCUT2D eigenvalue weighted by Gasteiger charge is 2.38. The smallest absolute Gasteiger partial charge is 0.353 e. The number of rotatable bonds is 5. The maximum Gasteiger partial charge on any atom is 0.471 e. The van der Waals surface area contributed by atoms with Gasteiger partial charge < -0.3 is 9.84 Å². The average molecular weight is 405 g/mol. The molecule has 7 nitrogen and oxygen atoms in total. The maximum absolute atomic E-state index is 12.6. The second-order valence-corrected chi connectivity index (χ2v) is 7.05. The van der Waals surface area contributed by atoms with Crippen LogP contribution in [0.3, 0.4) is 0 Å². The number of aromatic nitrogens is 4. The summed E-state index contributed by atoms with van der Waals surface area (Å²) >= 11 is 0. The van der Waals surface area contributed by atoms with E-state index in [1.165, 1.54) is 0 Å². The summed E-state index contributed by atoms with van der Waals surface area (Å²) in [5, 5.41) is 10.8. The summed E-state index contributed by atoms with van der Waals surface area (Å²) < 4.78 is 43.8. The Morgan fingerprint density at radius 2 is 1.93 bits per heavy atom. The zero-order valence-corrected chi connectivity index (χ0v) is 15.7. The Kier molecular flexibility index (Phi) is 4.64. The molecule has 2 heterocycles. The Labute approximate surface area is 163 Å². The molecule has 1 N–H and O–H groups in total. The van der Waals surface area contributed by atoms with Gasteiger partial charge in [0.2, 0.25) is 11.7 Å². The van der Waals surface area contributed by atoms with Gasteiger partial charge in [0, 0.05) is 22.9 Å². The molecule has 0 unspecified atom stereocenters. The number of carbonyl (C=O) groups excluding carboxylic acids is 1. The van der Waals surface area contributed by atoms with Crippen LogP contribution in [-0.2, 0) is 17.4 Å². The van der Waals surface area contributed by atoms with Crippen molar-refractivity contribution in [3.63, 3.8) is 0 Å². The van der Waals surface area contributed by atoms with Gasteiger partial charge in [-0.15, -0.1) is 0 Å². The van der Waals surface area contributed by atoms with Gasteiger partial charge in [-0.2, -0.15) is 23.3 Å². The van der Waals surface area contributed by atoms with Crippen LogP contribution in [0.15, 0.2) is 28.8 Å². The van der Waals surface area contributed by atoms with Crippen LogP contribution in [0.25, 0.3) is 17.1 Å². The molecule has 152 valence electrons. The van der Waals surface area contributed by atoms with E-state index < -0.39 is 12.1 Å². The molecule has 29 heavy (non-hydrogen) atoms. The van der Waals surface area contributed by atoms with Gasteiger partial charge in [0.15, 0.2) is 0 Å². The first-order chi connectivity index (χ1) is 13.7. The lowest BCUT2D eigenvalue weighted by molar-refractivity contribution is -0.159. The third-order valence-electron chi connectivity index (χ3n) is 4.76. The predicted octanol–water partition coefficient (Wildman–Crippen LogP) is 3.38. The third-order valence-corrected chi connectivity index (χ3v) is 4.76. The van der Waals surface area contributed by atoms with Crippen molar-refractivity contribution in [3.05, 3.63) is 47.1 Å². The number of hydrogen-bond acceptors (Lipinski definition) is 5. The van der Waals surface area contributed by atoms with Crippen LogP contribution >= 0.6 is 0 Å². The van der Waals surface area contributed by atoms with E-state index in [0.717, 1.165) is 29.8 Å². The van der Waals surface area contributed by atoms with Gasteiger partial charge in [0.05, 0.1) is 17.8 Å². The summed E-state index contributed by atoms with van der Waals surface area (Å²) in [4.78, 5) is 15.5. The highest BCUT2D eigenvalue weighted by atomic mass is 19.4. The molecule has 10 heteroatoms. The van der Waals surface area contributed by atoms with Gasteiger partial charge in [0.1, 0.15) is 0 Å². The minimum Gasteiger partial charge on any atom is -0.353 e. The van der Waals surface area contributed by atoms with Crippen molar-refractivity contribution in [2.75, 3.05) is 0 Å². The molecule has 0 radical (unpaired) electrons. The van der Waals surface area contributed by atoms with Crippen molar-refractivity contribution in [1.29, 1.82) is 0 Å². The highest BCUT2D eigenvalue weighted by Crippen LogP contribution is 2.29. The highest BCUT2D eigenvalue weighted by molar-refractivity contribution is 5.79. The van der Waals surface area contributed by atoms with Crippen LogP contribution in [0.1, 0.15) is 35.7 Å². The minimum absolute atomic E-state index is 0.0221. The molecule has 3 aromatic rings. The second-order valence-electron chi connectivity index (χ2n) is 7.05. The third kappa shape index (κ3) is 4.01. The molecule has 1 amide bonds.